The highest BCUT2D eigenvalue weighted by Crippen LogP contribution is 2.24. The number of nitrogen functional groups attached to an aromatic ring is 1. The van der Waals surface area contributed by atoms with Crippen LogP contribution in [-0.2, 0) is 4.74 Å². The first-order valence-corrected chi connectivity index (χ1v) is 6.90. The Morgan fingerprint density at radius 3 is 2.47 bits per heavy atom. The summed E-state index contributed by atoms with van der Waals surface area (Å²) in [6, 6.07) is 7.23. The first-order chi connectivity index (χ1) is 9.25. The molecule has 0 aromatic heterocycles. The van der Waals surface area contributed by atoms with Gasteiger partial charge in [0.05, 0.1) is 6.61 Å². The van der Waals surface area contributed by atoms with Crippen molar-refractivity contribution in [2.75, 3.05) is 19.8 Å². The van der Waals surface area contributed by atoms with Crippen LogP contribution in [0.25, 0.3) is 0 Å². The Balaban J connectivity index is 1.61. The molecule has 0 bridgehead atoms. The molecule has 19 heavy (non-hydrogen) atoms. The van der Waals surface area contributed by atoms with Crippen molar-refractivity contribution in [3.05, 3.63) is 29.8 Å². The van der Waals surface area contributed by atoms with Crippen molar-refractivity contribution in [1.29, 1.82) is 5.41 Å². The number of amidine groups is 1. The first kappa shape index (κ1) is 13.9. The highest BCUT2D eigenvalue weighted by molar-refractivity contribution is 5.94. The van der Waals surface area contributed by atoms with E-state index in [1.807, 2.05) is 12.1 Å². The van der Waals surface area contributed by atoms with Crippen molar-refractivity contribution in [3.63, 3.8) is 0 Å². The van der Waals surface area contributed by atoms with Crippen LogP contribution in [0, 0.1) is 11.3 Å². The van der Waals surface area contributed by atoms with Crippen LogP contribution in [0.15, 0.2) is 24.3 Å². The Bertz CT molecular complexity index is 397. The van der Waals surface area contributed by atoms with Gasteiger partial charge < -0.3 is 15.2 Å². The van der Waals surface area contributed by atoms with Crippen molar-refractivity contribution < 1.29 is 9.47 Å². The molecule has 1 aromatic carbocycles. The molecule has 1 saturated carbocycles. The number of ether oxygens (including phenoxy) is 2. The number of hydrogen-bond acceptors (Lipinski definition) is 3. The zero-order valence-corrected chi connectivity index (χ0v) is 11.2. The molecule has 0 radical (unpaired) electrons. The van der Waals surface area contributed by atoms with E-state index >= 15 is 0 Å². The van der Waals surface area contributed by atoms with Gasteiger partial charge in [-0.15, -0.1) is 0 Å². The minimum Gasteiger partial charge on any atom is -0.491 e. The van der Waals surface area contributed by atoms with Crippen LogP contribution in [0.3, 0.4) is 0 Å². The van der Waals surface area contributed by atoms with Crippen molar-refractivity contribution in [2.24, 2.45) is 11.7 Å². The van der Waals surface area contributed by atoms with Gasteiger partial charge in [-0.1, -0.05) is 12.8 Å². The first-order valence-electron chi connectivity index (χ1n) is 6.90. The van der Waals surface area contributed by atoms with Gasteiger partial charge in [-0.2, -0.15) is 0 Å². The predicted octanol–water partition coefficient (Wildman–Crippen LogP) is 2.56. The molecule has 1 fully saturated rings. The number of rotatable bonds is 7. The van der Waals surface area contributed by atoms with E-state index in [0.717, 1.165) is 18.3 Å². The van der Waals surface area contributed by atoms with Crippen LogP contribution in [0.1, 0.15) is 31.2 Å². The van der Waals surface area contributed by atoms with E-state index in [4.69, 9.17) is 20.6 Å². The van der Waals surface area contributed by atoms with Gasteiger partial charge in [0.15, 0.2) is 0 Å². The number of nitrogens with one attached hydrogen (secondary N) is 1. The number of nitrogens with two attached hydrogens (primary N) is 1. The van der Waals surface area contributed by atoms with Gasteiger partial charge in [0.25, 0.3) is 0 Å². The van der Waals surface area contributed by atoms with Crippen LogP contribution in [-0.4, -0.2) is 25.7 Å². The molecular formula is C15H22N2O2. The second-order valence-corrected chi connectivity index (χ2v) is 5.01. The van der Waals surface area contributed by atoms with Crippen molar-refractivity contribution in [2.45, 2.75) is 25.7 Å². The average Bonchev–Trinajstić information content (AvgIpc) is 2.92. The van der Waals surface area contributed by atoms with E-state index in [9.17, 15) is 0 Å². The summed E-state index contributed by atoms with van der Waals surface area (Å²) in [5.41, 5.74) is 6.10. The molecule has 1 aromatic rings. The van der Waals surface area contributed by atoms with E-state index in [1.54, 1.807) is 12.1 Å². The van der Waals surface area contributed by atoms with Gasteiger partial charge >= 0.3 is 0 Å². The zero-order valence-electron chi connectivity index (χ0n) is 11.2. The minimum atomic E-state index is 0.0754. The van der Waals surface area contributed by atoms with E-state index in [-0.39, 0.29) is 5.84 Å². The van der Waals surface area contributed by atoms with Gasteiger partial charge in [-0.3, -0.25) is 5.41 Å². The van der Waals surface area contributed by atoms with Crippen LogP contribution in [0.2, 0.25) is 0 Å². The molecule has 4 nitrogen and oxygen atoms in total. The highest BCUT2D eigenvalue weighted by atomic mass is 16.5. The molecule has 0 unspecified atom stereocenters. The quantitative estimate of drug-likeness (QED) is 0.451. The summed E-state index contributed by atoms with van der Waals surface area (Å²) in [6.07, 6.45) is 5.33. The van der Waals surface area contributed by atoms with Gasteiger partial charge in [0, 0.05) is 12.2 Å². The SMILES string of the molecule is N=C(N)c1ccc(OCCOCC2CCCC2)cc1. The molecule has 0 aliphatic heterocycles. The van der Waals surface area contributed by atoms with E-state index in [2.05, 4.69) is 0 Å². The lowest BCUT2D eigenvalue weighted by Gasteiger charge is -2.11. The standard InChI is InChI=1S/C15H22N2O2/c16-15(17)13-5-7-14(8-6-13)19-10-9-18-11-12-3-1-2-4-12/h5-8,12H,1-4,9-11H2,(H3,16,17). The maximum atomic E-state index is 7.30. The second-order valence-electron chi connectivity index (χ2n) is 5.01. The Kier molecular flexibility index (Phi) is 5.21. The Labute approximate surface area is 114 Å². The molecule has 0 amide bonds. The summed E-state index contributed by atoms with van der Waals surface area (Å²) in [7, 11) is 0. The molecule has 1 aliphatic rings. The van der Waals surface area contributed by atoms with Crippen molar-refractivity contribution >= 4 is 5.84 Å². The third kappa shape index (κ3) is 4.56. The summed E-state index contributed by atoms with van der Waals surface area (Å²) in [5, 5.41) is 7.30. The highest BCUT2D eigenvalue weighted by Gasteiger charge is 2.14. The molecule has 4 heteroatoms. The molecule has 104 valence electrons. The zero-order chi connectivity index (χ0) is 13.5. The summed E-state index contributed by atoms with van der Waals surface area (Å²) in [6.45, 7) is 2.06. The fourth-order valence-corrected chi connectivity index (χ4v) is 2.38. The Morgan fingerprint density at radius 2 is 1.84 bits per heavy atom. The maximum absolute atomic E-state index is 7.30. The topological polar surface area (TPSA) is 68.3 Å². The van der Waals surface area contributed by atoms with Gasteiger partial charge in [-0.25, -0.2) is 0 Å². The van der Waals surface area contributed by atoms with Crippen molar-refractivity contribution in [1.82, 2.24) is 0 Å². The van der Waals surface area contributed by atoms with Crippen LogP contribution in [0.4, 0.5) is 0 Å². The predicted molar refractivity (Wildman–Crippen MR) is 75.7 cm³/mol. The van der Waals surface area contributed by atoms with E-state index in [0.29, 0.717) is 18.8 Å². The molecule has 3 N–H and O–H groups in total. The molecule has 0 heterocycles. The molecule has 0 spiro atoms. The largest absolute Gasteiger partial charge is 0.491 e. The van der Waals surface area contributed by atoms with E-state index < -0.39 is 0 Å². The normalized spacial score (nSPS) is 15.6. The lowest BCUT2D eigenvalue weighted by Crippen LogP contribution is -2.12. The average molecular weight is 262 g/mol. The fraction of sp³-hybridized carbons (Fsp3) is 0.533. The van der Waals surface area contributed by atoms with Gasteiger partial charge in [-0.05, 0) is 43.0 Å². The molecule has 1 aliphatic carbocycles. The fourth-order valence-electron chi connectivity index (χ4n) is 2.38. The lowest BCUT2D eigenvalue weighted by atomic mass is 10.1. The summed E-state index contributed by atoms with van der Waals surface area (Å²) < 4.78 is 11.2. The van der Waals surface area contributed by atoms with Crippen molar-refractivity contribution in [3.8, 4) is 5.75 Å². The minimum absolute atomic E-state index is 0.0754. The maximum Gasteiger partial charge on any atom is 0.122 e. The monoisotopic (exact) mass is 262 g/mol. The van der Waals surface area contributed by atoms with Crippen LogP contribution >= 0.6 is 0 Å². The lowest BCUT2D eigenvalue weighted by molar-refractivity contribution is 0.0754. The van der Waals surface area contributed by atoms with E-state index in [1.165, 1.54) is 25.7 Å². The van der Waals surface area contributed by atoms with Gasteiger partial charge in [0.1, 0.15) is 18.2 Å². The molecule has 2 rings (SSSR count). The third-order valence-electron chi connectivity index (χ3n) is 3.49. The second kappa shape index (κ2) is 7.14. The number of hydrogen-bond donors (Lipinski definition) is 2. The summed E-state index contributed by atoms with van der Waals surface area (Å²) in [5.74, 6) is 1.62. The molecular weight excluding hydrogens is 240 g/mol. The Morgan fingerprint density at radius 1 is 1.16 bits per heavy atom. The van der Waals surface area contributed by atoms with Crippen LogP contribution in [0.5, 0.6) is 5.75 Å². The smallest absolute Gasteiger partial charge is 0.122 e. The Hall–Kier alpha value is -1.55. The van der Waals surface area contributed by atoms with Gasteiger partial charge in [0.2, 0.25) is 0 Å². The molecule has 0 saturated heterocycles. The number of benzene rings is 1. The summed E-state index contributed by atoms with van der Waals surface area (Å²) >= 11 is 0. The van der Waals surface area contributed by atoms with Crippen LogP contribution < -0.4 is 10.5 Å². The summed E-state index contributed by atoms with van der Waals surface area (Å²) in [4.78, 5) is 0. The third-order valence-corrected chi connectivity index (χ3v) is 3.49. The molecule has 0 atom stereocenters.